The van der Waals surface area contributed by atoms with Gasteiger partial charge in [-0.3, -0.25) is 0 Å². The molecule has 1 aromatic rings. The molecule has 1 rings (SSSR count). The molecule has 1 unspecified atom stereocenters. The van der Waals surface area contributed by atoms with Crippen molar-refractivity contribution in [3.05, 3.63) is 23.7 Å². The van der Waals surface area contributed by atoms with Gasteiger partial charge >= 0.3 is 5.97 Å². The first-order chi connectivity index (χ1) is 9.19. The summed E-state index contributed by atoms with van der Waals surface area (Å²) in [6.45, 7) is 5.82. The van der Waals surface area contributed by atoms with E-state index in [0.717, 1.165) is 19.4 Å². The van der Waals surface area contributed by atoms with Gasteiger partial charge in [0.2, 0.25) is 5.76 Å². The monoisotopic (exact) mass is 270 g/mol. The largest absolute Gasteiger partial charge is 0.463 e. The van der Waals surface area contributed by atoms with Gasteiger partial charge in [-0.2, -0.15) is 0 Å². The van der Waals surface area contributed by atoms with Crippen LogP contribution < -0.4 is 0 Å². The Kier molecular flexibility index (Phi) is 7.22. The molecule has 1 atom stereocenters. The predicted octanol–water partition coefficient (Wildman–Crippen LogP) is 2.96. The highest BCUT2D eigenvalue weighted by molar-refractivity contribution is 5.86. The van der Waals surface area contributed by atoms with E-state index >= 15 is 0 Å². The molecule has 1 heterocycles. The maximum atomic E-state index is 11.2. The zero-order chi connectivity index (χ0) is 14.1. The summed E-state index contributed by atoms with van der Waals surface area (Å²) in [5.74, 6) is 0.308. The van der Waals surface area contributed by atoms with Crippen molar-refractivity contribution in [2.24, 2.45) is 0 Å². The van der Waals surface area contributed by atoms with E-state index in [1.54, 1.807) is 12.1 Å². The third-order valence-electron chi connectivity index (χ3n) is 2.65. The van der Waals surface area contributed by atoms with Crippen molar-refractivity contribution in [2.75, 3.05) is 26.9 Å². The van der Waals surface area contributed by atoms with E-state index in [0.29, 0.717) is 19.0 Å². The molecule has 0 amide bonds. The maximum absolute atomic E-state index is 11.2. The minimum atomic E-state index is -0.485. The van der Waals surface area contributed by atoms with E-state index in [1.165, 1.54) is 7.11 Å². The number of methoxy groups -OCH3 is 1. The zero-order valence-electron chi connectivity index (χ0n) is 11.8. The second-order valence-corrected chi connectivity index (χ2v) is 4.17. The van der Waals surface area contributed by atoms with Crippen LogP contribution in [0.5, 0.6) is 0 Å². The average Bonchev–Trinajstić information content (AvgIpc) is 2.91. The molecule has 0 saturated carbocycles. The lowest BCUT2D eigenvalue weighted by atomic mass is 10.3. The highest BCUT2D eigenvalue weighted by Gasteiger charge is 2.15. The summed E-state index contributed by atoms with van der Waals surface area (Å²) in [4.78, 5) is 11.2. The molecule has 1 aromatic heterocycles. The van der Waals surface area contributed by atoms with Crippen LogP contribution in [-0.4, -0.2) is 32.9 Å². The fourth-order valence-corrected chi connectivity index (χ4v) is 1.50. The first-order valence-electron chi connectivity index (χ1n) is 6.56. The van der Waals surface area contributed by atoms with E-state index in [2.05, 4.69) is 11.7 Å². The average molecular weight is 270 g/mol. The van der Waals surface area contributed by atoms with Crippen LogP contribution in [0.15, 0.2) is 16.5 Å². The van der Waals surface area contributed by atoms with Crippen LogP contribution in [0.2, 0.25) is 0 Å². The van der Waals surface area contributed by atoms with Gasteiger partial charge in [0.05, 0.1) is 20.3 Å². The fraction of sp³-hybridized carbons (Fsp3) is 0.643. The van der Waals surface area contributed by atoms with Crippen molar-refractivity contribution in [2.45, 2.75) is 32.8 Å². The van der Waals surface area contributed by atoms with Crippen LogP contribution in [0.25, 0.3) is 0 Å². The molecular weight excluding hydrogens is 248 g/mol. The smallest absolute Gasteiger partial charge is 0.373 e. The highest BCUT2D eigenvalue weighted by atomic mass is 16.5. The number of hydrogen-bond acceptors (Lipinski definition) is 5. The van der Waals surface area contributed by atoms with Gasteiger partial charge in [0.25, 0.3) is 0 Å². The topological polar surface area (TPSA) is 57.9 Å². The Morgan fingerprint density at radius 1 is 1.32 bits per heavy atom. The molecule has 5 heteroatoms. The zero-order valence-corrected chi connectivity index (χ0v) is 11.8. The van der Waals surface area contributed by atoms with Gasteiger partial charge in [-0.05, 0) is 25.5 Å². The van der Waals surface area contributed by atoms with Crippen LogP contribution in [0.1, 0.15) is 49.1 Å². The molecule has 0 aromatic carbocycles. The third kappa shape index (κ3) is 5.44. The van der Waals surface area contributed by atoms with Crippen molar-refractivity contribution in [1.82, 2.24) is 0 Å². The lowest BCUT2D eigenvalue weighted by Crippen LogP contribution is -2.08. The van der Waals surface area contributed by atoms with Gasteiger partial charge in [-0.25, -0.2) is 4.79 Å². The molecule has 108 valence electrons. The molecule has 19 heavy (non-hydrogen) atoms. The highest BCUT2D eigenvalue weighted by Crippen LogP contribution is 2.19. The Bertz CT molecular complexity index is 372. The van der Waals surface area contributed by atoms with Crippen LogP contribution in [-0.2, 0) is 14.2 Å². The molecule has 0 spiro atoms. The van der Waals surface area contributed by atoms with E-state index < -0.39 is 5.97 Å². The standard InChI is InChI=1S/C14H22O5/c1-4-5-8-17-9-10-18-11(2)12-6-7-13(19-12)14(15)16-3/h6-7,11H,4-5,8-10H2,1-3H3. The molecule has 0 saturated heterocycles. The number of hydrogen-bond donors (Lipinski definition) is 0. The quantitative estimate of drug-likeness (QED) is 0.510. The van der Waals surface area contributed by atoms with Gasteiger partial charge in [-0.1, -0.05) is 13.3 Å². The predicted molar refractivity (Wildman–Crippen MR) is 70.1 cm³/mol. The molecule has 0 radical (unpaired) electrons. The van der Waals surface area contributed by atoms with Gasteiger partial charge in [0, 0.05) is 6.61 Å². The van der Waals surface area contributed by atoms with Gasteiger partial charge in [0.15, 0.2) is 0 Å². The number of unbranched alkanes of at least 4 members (excludes halogenated alkanes) is 1. The van der Waals surface area contributed by atoms with Crippen molar-refractivity contribution < 1.29 is 23.4 Å². The lowest BCUT2D eigenvalue weighted by Gasteiger charge is -2.10. The van der Waals surface area contributed by atoms with E-state index in [9.17, 15) is 4.79 Å². The molecular formula is C14H22O5. The van der Waals surface area contributed by atoms with Gasteiger partial charge in [0.1, 0.15) is 11.9 Å². The minimum Gasteiger partial charge on any atom is -0.463 e. The summed E-state index contributed by atoms with van der Waals surface area (Å²) < 4.78 is 20.9. The SMILES string of the molecule is CCCCOCCOC(C)c1ccc(C(=O)OC)o1. The van der Waals surface area contributed by atoms with Crippen LogP contribution in [0.3, 0.4) is 0 Å². The van der Waals surface area contributed by atoms with Gasteiger partial charge in [-0.15, -0.1) is 0 Å². The van der Waals surface area contributed by atoms with Crippen LogP contribution in [0.4, 0.5) is 0 Å². The summed E-state index contributed by atoms with van der Waals surface area (Å²) in [6, 6.07) is 3.30. The Morgan fingerprint density at radius 2 is 2.11 bits per heavy atom. The number of carbonyl (C=O) groups excluding carboxylic acids is 1. The summed E-state index contributed by atoms with van der Waals surface area (Å²) >= 11 is 0. The van der Waals surface area contributed by atoms with E-state index in [4.69, 9.17) is 13.9 Å². The van der Waals surface area contributed by atoms with Crippen molar-refractivity contribution in [1.29, 1.82) is 0 Å². The summed E-state index contributed by atoms with van der Waals surface area (Å²) in [5.41, 5.74) is 0. The van der Waals surface area contributed by atoms with Crippen LogP contribution in [0, 0.1) is 0 Å². The van der Waals surface area contributed by atoms with Crippen LogP contribution >= 0.6 is 0 Å². The Labute approximate surface area is 113 Å². The minimum absolute atomic E-state index is 0.187. The Hall–Kier alpha value is -1.33. The summed E-state index contributed by atoms with van der Waals surface area (Å²) in [7, 11) is 1.32. The molecule has 0 aliphatic rings. The van der Waals surface area contributed by atoms with Gasteiger partial charge < -0.3 is 18.6 Å². The molecule has 0 aliphatic carbocycles. The number of carbonyl (C=O) groups is 1. The van der Waals surface area contributed by atoms with Crippen molar-refractivity contribution in [3.8, 4) is 0 Å². The summed E-state index contributed by atoms with van der Waals surface area (Å²) in [5, 5.41) is 0. The first-order valence-corrected chi connectivity index (χ1v) is 6.56. The summed E-state index contributed by atoms with van der Waals surface area (Å²) in [6.07, 6.45) is 1.98. The molecule has 5 nitrogen and oxygen atoms in total. The second-order valence-electron chi connectivity index (χ2n) is 4.17. The molecule has 0 fully saturated rings. The normalized spacial score (nSPS) is 12.4. The third-order valence-corrected chi connectivity index (χ3v) is 2.65. The number of rotatable bonds is 9. The second kappa shape index (κ2) is 8.72. The molecule has 0 bridgehead atoms. The van der Waals surface area contributed by atoms with E-state index in [1.807, 2.05) is 6.92 Å². The number of esters is 1. The maximum Gasteiger partial charge on any atom is 0.373 e. The van der Waals surface area contributed by atoms with Crippen molar-refractivity contribution >= 4 is 5.97 Å². The Balaban J connectivity index is 2.27. The lowest BCUT2D eigenvalue weighted by molar-refractivity contribution is 0.00202. The van der Waals surface area contributed by atoms with Crippen molar-refractivity contribution in [3.63, 3.8) is 0 Å². The fourth-order valence-electron chi connectivity index (χ4n) is 1.50. The van der Waals surface area contributed by atoms with E-state index in [-0.39, 0.29) is 11.9 Å². The number of ether oxygens (including phenoxy) is 3. The number of furan rings is 1. The Morgan fingerprint density at radius 3 is 2.79 bits per heavy atom. The molecule has 0 aliphatic heterocycles. The first kappa shape index (κ1) is 15.7. The molecule has 0 N–H and O–H groups in total.